The van der Waals surface area contributed by atoms with Crippen molar-refractivity contribution in [1.82, 2.24) is 24.6 Å². The fourth-order valence-electron chi connectivity index (χ4n) is 2.68. The molecule has 3 aromatic rings. The number of carbonyl (C=O) groups excluding carboxylic acids is 1. The van der Waals surface area contributed by atoms with Crippen LogP contribution < -0.4 is 0 Å². The number of aryl methyl sites for hydroxylation is 1. The van der Waals surface area contributed by atoms with Gasteiger partial charge in [0.25, 0.3) is 0 Å². The van der Waals surface area contributed by atoms with Crippen molar-refractivity contribution in [2.45, 2.75) is 26.4 Å². The van der Waals surface area contributed by atoms with Crippen LogP contribution in [0, 0.1) is 6.92 Å². The zero-order valence-corrected chi connectivity index (χ0v) is 13.4. The second-order valence-electron chi connectivity index (χ2n) is 5.43. The molecular formula is C15H15N5O2S. The van der Waals surface area contributed by atoms with Crippen LogP contribution in [0.4, 0.5) is 0 Å². The van der Waals surface area contributed by atoms with E-state index in [1.807, 2.05) is 29.3 Å². The minimum Gasteiger partial charge on any atom is -0.462 e. The largest absolute Gasteiger partial charge is 0.462 e. The average Bonchev–Trinajstić information content (AvgIpc) is 3.28. The first-order chi connectivity index (χ1) is 11.2. The fraction of sp³-hybridized carbons (Fsp3) is 0.333. The molecule has 0 radical (unpaired) electrons. The third-order valence-corrected chi connectivity index (χ3v) is 4.81. The van der Waals surface area contributed by atoms with Gasteiger partial charge in [0.05, 0.1) is 24.9 Å². The van der Waals surface area contributed by atoms with E-state index in [1.54, 1.807) is 6.26 Å². The van der Waals surface area contributed by atoms with Gasteiger partial charge in [-0.15, -0.1) is 21.5 Å². The molecule has 8 heteroatoms. The highest BCUT2D eigenvalue weighted by molar-refractivity contribution is 7.13. The smallest absolute Gasteiger partial charge is 0.229 e. The summed E-state index contributed by atoms with van der Waals surface area (Å²) in [5, 5.41) is 10.9. The maximum atomic E-state index is 12.5. The minimum absolute atomic E-state index is 0.0631. The third kappa shape index (κ3) is 2.65. The molecule has 0 aliphatic carbocycles. The van der Waals surface area contributed by atoms with Crippen molar-refractivity contribution in [2.75, 3.05) is 6.54 Å². The summed E-state index contributed by atoms with van der Waals surface area (Å²) in [5.41, 5.74) is 0.773. The number of nitrogens with zero attached hydrogens (tertiary/aromatic N) is 5. The maximum absolute atomic E-state index is 12.5. The van der Waals surface area contributed by atoms with Crippen LogP contribution in [0.5, 0.6) is 0 Å². The van der Waals surface area contributed by atoms with Gasteiger partial charge in [-0.1, -0.05) is 0 Å². The Hall–Kier alpha value is -2.48. The van der Waals surface area contributed by atoms with Crippen LogP contribution in [-0.2, 0) is 24.3 Å². The van der Waals surface area contributed by atoms with E-state index in [0.717, 1.165) is 34.7 Å². The lowest BCUT2D eigenvalue weighted by molar-refractivity contribution is -0.132. The van der Waals surface area contributed by atoms with Gasteiger partial charge in [-0.2, -0.15) is 0 Å². The summed E-state index contributed by atoms with van der Waals surface area (Å²) in [7, 11) is 0. The molecule has 0 fully saturated rings. The van der Waals surface area contributed by atoms with E-state index >= 15 is 0 Å². The zero-order chi connectivity index (χ0) is 15.8. The molecule has 1 amide bonds. The molecule has 0 aromatic carbocycles. The Bertz CT molecular complexity index is 836. The Morgan fingerprint density at radius 3 is 3.13 bits per heavy atom. The second-order valence-corrected chi connectivity index (χ2v) is 6.29. The number of furan rings is 1. The lowest BCUT2D eigenvalue weighted by Gasteiger charge is -2.27. The van der Waals surface area contributed by atoms with Crippen LogP contribution in [-0.4, -0.2) is 37.1 Å². The van der Waals surface area contributed by atoms with Crippen LogP contribution in [0.2, 0.25) is 0 Å². The van der Waals surface area contributed by atoms with Crippen LogP contribution in [0.3, 0.4) is 0 Å². The number of carbonyl (C=O) groups is 1. The molecule has 0 atom stereocenters. The van der Waals surface area contributed by atoms with Crippen LogP contribution >= 0.6 is 11.3 Å². The molecule has 0 spiro atoms. The van der Waals surface area contributed by atoms with Crippen molar-refractivity contribution in [2.24, 2.45) is 0 Å². The molecular weight excluding hydrogens is 314 g/mol. The molecule has 1 aliphatic rings. The van der Waals surface area contributed by atoms with Crippen molar-refractivity contribution in [3.05, 3.63) is 41.1 Å². The lowest BCUT2D eigenvalue weighted by atomic mass is 10.2. The van der Waals surface area contributed by atoms with Crippen LogP contribution in [0.1, 0.15) is 17.3 Å². The Morgan fingerprint density at radius 1 is 1.39 bits per heavy atom. The molecule has 0 unspecified atom stereocenters. The van der Waals surface area contributed by atoms with Gasteiger partial charge in [0.1, 0.15) is 5.82 Å². The minimum atomic E-state index is 0.0631. The van der Waals surface area contributed by atoms with Gasteiger partial charge >= 0.3 is 0 Å². The van der Waals surface area contributed by atoms with Gasteiger partial charge in [0, 0.05) is 18.5 Å². The highest BCUT2D eigenvalue weighted by Crippen LogP contribution is 2.24. The van der Waals surface area contributed by atoms with Crippen LogP contribution in [0.25, 0.3) is 10.8 Å². The van der Waals surface area contributed by atoms with E-state index in [4.69, 9.17) is 4.42 Å². The van der Waals surface area contributed by atoms with Gasteiger partial charge in [-0.05, 0) is 19.1 Å². The summed E-state index contributed by atoms with van der Waals surface area (Å²) < 4.78 is 7.39. The maximum Gasteiger partial charge on any atom is 0.229 e. The summed E-state index contributed by atoms with van der Waals surface area (Å²) >= 11 is 1.49. The van der Waals surface area contributed by atoms with Gasteiger partial charge in [0.15, 0.2) is 16.6 Å². The summed E-state index contributed by atoms with van der Waals surface area (Å²) in [6.07, 6.45) is 1.91. The normalized spacial score (nSPS) is 14.0. The van der Waals surface area contributed by atoms with E-state index < -0.39 is 0 Å². The molecule has 0 bridgehead atoms. The Kier molecular flexibility index (Phi) is 3.45. The van der Waals surface area contributed by atoms with E-state index in [-0.39, 0.29) is 5.91 Å². The predicted molar refractivity (Wildman–Crippen MR) is 83.7 cm³/mol. The molecule has 118 valence electrons. The second kappa shape index (κ2) is 5.62. The number of fused-ring (bicyclic) bond motifs is 1. The van der Waals surface area contributed by atoms with Gasteiger partial charge < -0.3 is 13.9 Å². The number of aromatic nitrogens is 4. The van der Waals surface area contributed by atoms with Crippen molar-refractivity contribution in [3.63, 3.8) is 0 Å². The molecule has 0 N–H and O–H groups in total. The fourth-order valence-corrected chi connectivity index (χ4v) is 3.47. The van der Waals surface area contributed by atoms with E-state index in [0.29, 0.717) is 19.5 Å². The van der Waals surface area contributed by atoms with Crippen LogP contribution in [0.15, 0.2) is 28.2 Å². The monoisotopic (exact) mass is 329 g/mol. The summed E-state index contributed by atoms with van der Waals surface area (Å²) in [5.74, 6) is 2.54. The predicted octanol–water partition coefficient (Wildman–Crippen LogP) is 1.89. The van der Waals surface area contributed by atoms with Gasteiger partial charge in [-0.3, -0.25) is 4.79 Å². The number of hydrogen-bond donors (Lipinski definition) is 0. The lowest BCUT2D eigenvalue weighted by Crippen LogP contribution is -2.39. The quantitative estimate of drug-likeness (QED) is 0.733. The third-order valence-electron chi connectivity index (χ3n) is 3.91. The van der Waals surface area contributed by atoms with E-state index in [1.165, 1.54) is 11.3 Å². The Labute approximate surface area is 136 Å². The number of amides is 1. The summed E-state index contributed by atoms with van der Waals surface area (Å²) in [4.78, 5) is 18.8. The first-order valence-corrected chi connectivity index (χ1v) is 8.23. The highest BCUT2D eigenvalue weighted by Gasteiger charge is 2.24. The first kappa shape index (κ1) is 14.1. The molecule has 0 saturated carbocycles. The molecule has 4 rings (SSSR count). The molecule has 23 heavy (non-hydrogen) atoms. The molecule has 7 nitrogen and oxygen atoms in total. The molecule has 4 heterocycles. The van der Waals surface area contributed by atoms with E-state index in [9.17, 15) is 4.79 Å². The topological polar surface area (TPSA) is 77.0 Å². The molecule has 0 saturated heterocycles. The van der Waals surface area contributed by atoms with Crippen molar-refractivity contribution < 1.29 is 9.21 Å². The summed E-state index contributed by atoms with van der Waals surface area (Å²) in [6, 6.07) is 3.69. The Balaban J connectivity index is 1.44. The molecule has 1 aliphatic heterocycles. The zero-order valence-electron chi connectivity index (χ0n) is 12.6. The number of hydrogen-bond acceptors (Lipinski definition) is 6. The Morgan fingerprint density at radius 2 is 2.30 bits per heavy atom. The van der Waals surface area contributed by atoms with Gasteiger partial charge in [-0.25, -0.2) is 4.98 Å². The number of thiazole rings is 1. The first-order valence-electron chi connectivity index (χ1n) is 7.35. The number of rotatable bonds is 3. The molecule has 3 aromatic heterocycles. The average molecular weight is 329 g/mol. The SMILES string of the molecule is Cc1nnc2n1CCN(C(=O)Cc1csc(-c3ccco3)n1)C2. The van der Waals surface area contributed by atoms with Gasteiger partial charge in [0.2, 0.25) is 5.91 Å². The van der Waals surface area contributed by atoms with Crippen molar-refractivity contribution >= 4 is 17.2 Å². The highest BCUT2D eigenvalue weighted by atomic mass is 32.1. The van der Waals surface area contributed by atoms with Crippen molar-refractivity contribution in [1.29, 1.82) is 0 Å². The van der Waals surface area contributed by atoms with E-state index in [2.05, 4.69) is 19.7 Å². The summed E-state index contributed by atoms with van der Waals surface area (Å²) in [6.45, 7) is 3.86. The standard InChI is InChI=1S/C15H15N5O2S/c1-10-17-18-13-8-19(4-5-20(10)13)14(21)7-11-9-23-15(16-11)12-3-2-6-22-12/h2-3,6,9H,4-5,7-8H2,1H3. The van der Waals surface area contributed by atoms with Crippen molar-refractivity contribution in [3.8, 4) is 10.8 Å².